The maximum atomic E-state index is 13.4. The molecule has 0 amide bonds. The van der Waals surface area contributed by atoms with Crippen molar-refractivity contribution < 1.29 is 9.60 Å². The first-order chi connectivity index (χ1) is 9.11. The Labute approximate surface area is 116 Å². The quantitative estimate of drug-likeness (QED) is 0.365. The summed E-state index contributed by atoms with van der Waals surface area (Å²) >= 11 is 5.96. The van der Waals surface area contributed by atoms with Crippen LogP contribution >= 0.6 is 11.6 Å². The largest absolute Gasteiger partial charge is 0.409 e. The minimum Gasteiger partial charge on any atom is -0.409 e. The van der Waals surface area contributed by atoms with Crippen molar-refractivity contribution in [1.29, 1.82) is 0 Å². The lowest BCUT2D eigenvalue weighted by molar-refractivity contribution is 0.259. The summed E-state index contributed by atoms with van der Waals surface area (Å²) in [7, 11) is 0. The number of halogens is 2. The van der Waals surface area contributed by atoms with Gasteiger partial charge in [-0.2, -0.15) is 0 Å². The molecule has 0 radical (unpaired) electrons. The van der Waals surface area contributed by atoms with Gasteiger partial charge in [-0.05, 0) is 24.5 Å². The number of nitrogens with zero attached hydrogens (tertiary/aromatic N) is 2. The molecule has 4 nitrogen and oxygen atoms in total. The van der Waals surface area contributed by atoms with Gasteiger partial charge in [-0.3, -0.25) is 4.90 Å². The molecule has 6 heteroatoms. The highest BCUT2D eigenvalue weighted by Gasteiger charge is 2.29. The molecule has 2 rings (SSSR count). The predicted octanol–water partition coefficient (Wildman–Crippen LogP) is 2.58. The third-order valence-corrected chi connectivity index (χ3v) is 3.68. The van der Waals surface area contributed by atoms with Crippen molar-refractivity contribution in [3.05, 3.63) is 34.6 Å². The molecule has 1 fully saturated rings. The smallest absolute Gasteiger partial charge is 0.142 e. The Kier molecular flexibility index (Phi) is 4.61. The van der Waals surface area contributed by atoms with E-state index in [2.05, 4.69) is 10.1 Å². The topological polar surface area (TPSA) is 61.8 Å². The SMILES string of the molecule is N/C(CCN(Cc1cccc(F)c1Cl)C1CC1)=N/O. The van der Waals surface area contributed by atoms with E-state index in [-0.39, 0.29) is 10.9 Å². The summed E-state index contributed by atoms with van der Waals surface area (Å²) in [6.07, 6.45) is 2.74. The summed E-state index contributed by atoms with van der Waals surface area (Å²) in [5, 5.41) is 11.7. The summed E-state index contributed by atoms with van der Waals surface area (Å²) in [5.41, 5.74) is 6.25. The van der Waals surface area contributed by atoms with Crippen molar-refractivity contribution in [2.45, 2.75) is 31.8 Å². The third-order valence-electron chi connectivity index (χ3n) is 3.25. The molecule has 1 saturated carbocycles. The fraction of sp³-hybridized carbons (Fsp3) is 0.462. The predicted molar refractivity (Wildman–Crippen MR) is 72.9 cm³/mol. The van der Waals surface area contributed by atoms with E-state index in [0.29, 0.717) is 25.6 Å². The standard InChI is InChI=1S/C13H17ClFN3O/c14-13-9(2-1-3-11(13)15)8-18(10-4-5-10)7-6-12(16)17-19/h1-3,10,19H,4-8H2,(H2,16,17). The van der Waals surface area contributed by atoms with Crippen LogP contribution in [0.5, 0.6) is 0 Å². The number of nitrogens with two attached hydrogens (primary N) is 1. The minimum atomic E-state index is -0.397. The van der Waals surface area contributed by atoms with Gasteiger partial charge in [0.15, 0.2) is 0 Å². The number of rotatable bonds is 6. The fourth-order valence-electron chi connectivity index (χ4n) is 2.03. The Morgan fingerprint density at radius 3 is 2.89 bits per heavy atom. The van der Waals surface area contributed by atoms with E-state index < -0.39 is 5.82 Å². The molecule has 3 N–H and O–H groups in total. The molecule has 104 valence electrons. The van der Waals surface area contributed by atoms with Crippen LogP contribution in [0.2, 0.25) is 5.02 Å². The van der Waals surface area contributed by atoms with Crippen LogP contribution in [0.25, 0.3) is 0 Å². The van der Waals surface area contributed by atoms with E-state index in [1.807, 2.05) is 6.07 Å². The van der Waals surface area contributed by atoms with Gasteiger partial charge < -0.3 is 10.9 Å². The van der Waals surface area contributed by atoms with E-state index in [1.54, 1.807) is 6.07 Å². The number of amidine groups is 1. The maximum Gasteiger partial charge on any atom is 0.142 e. The summed E-state index contributed by atoms with van der Waals surface area (Å²) < 4.78 is 13.4. The number of hydrogen-bond donors (Lipinski definition) is 2. The lowest BCUT2D eigenvalue weighted by Gasteiger charge is -2.22. The zero-order chi connectivity index (χ0) is 13.8. The van der Waals surface area contributed by atoms with E-state index in [1.165, 1.54) is 6.07 Å². The molecular formula is C13H17ClFN3O. The third kappa shape index (κ3) is 3.81. The van der Waals surface area contributed by atoms with E-state index >= 15 is 0 Å². The zero-order valence-corrected chi connectivity index (χ0v) is 11.3. The van der Waals surface area contributed by atoms with Gasteiger partial charge in [0.1, 0.15) is 11.7 Å². The summed E-state index contributed by atoms with van der Waals surface area (Å²) in [4.78, 5) is 2.19. The molecule has 0 aliphatic heterocycles. The Morgan fingerprint density at radius 2 is 2.26 bits per heavy atom. The van der Waals surface area contributed by atoms with Gasteiger partial charge in [0.25, 0.3) is 0 Å². The minimum absolute atomic E-state index is 0.178. The molecule has 1 aliphatic rings. The highest BCUT2D eigenvalue weighted by molar-refractivity contribution is 6.31. The molecule has 0 saturated heterocycles. The second-order valence-electron chi connectivity index (χ2n) is 4.76. The second-order valence-corrected chi connectivity index (χ2v) is 5.13. The van der Waals surface area contributed by atoms with Crippen molar-refractivity contribution >= 4 is 17.4 Å². The molecule has 1 aromatic carbocycles. The van der Waals surface area contributed by atoms with Gasteiger partial charge in [-0.25, -0.2) is 4.39 Å². The molecule has 0 spiro atoms. The first-order valence-electron chi connectivity index (χ1n) is 6.25. The molecular weight excluding hydrogens is 269 g/mol. The monoisotopic (exact) mass is 285 g/mol. The molecule has 19 heavy (non-hydrogen) atoms. The molecule has 1 aromatic rings. The fourth-order valence-corrected chi connectivity index (χ4v) is 2.21. The van der Waals surface area contributed by atoms with E-state index in [9.17, 15) is 4.39 Å². The number of oxime groups is 1. The first-order valence-corrected chi connectivity index (χ1v) is 6.63. The van der Waals surface area contributed by atoms with Crippen LogP contribution < -0.4 is 5.73 Å². The van der Waals surface area contributed by atoms with E-state index in [4.69, 9.17) is 22.5 Å². The van der Waals surface area contributed by atoms with Gasteiger partial charge in [0.2, 0.25) is 0 Å². The van der Waals surface area contributed by atoms with Crippen LogP contribution in [-0.2, 0) is 6.54 Å². The van der Waals surface area contributed by atoms with Gasteiger partial charge in [0, 0.05) is 25.6 Å². The normalized spacial score (nSPS) is 16.1. The summed E-state index contributed by atoms with van der Waals surface area (Å²) in [5.74, 6) is -0.192. The molecule has 0 heterocycles. The van der Waals surface area contributed by atoms with Crippen LogP contribution in [0, 0.1) is 5.82 Å². The molecule has 1 aliphatic carbocycles. The molecule has 0 unspecified atom stereocenters. The molecule has 0 atom stereocenters. The van der Waals surface area contributed by atoms with Gasteiger partial charge in [0.05, 0.1) is 5.02 Å². The first kappa shape index (κ1) is 14.1. The van der Waals surface area contributed by atoms with Crippen molar-refractivity contribution in [1.82, 2.24) is 4.90 Å². The van der Waals surface area contributed by atoms with Crippen molar-refractivity contribution in [2.75, 3.05) is 6.54 Å². The Hall–Kier alpha value is -1.33. The van der Waals surface area contributed by atoms with Gasteiger partial charge in [-0.15, -0.1) is 0 Å². The van der Waals surface area contributed by atoms with Crippen LogP contribution in [0.1, 0.15) is 24.8 Å². The Balaban J connectivity index is 2.02. The highest BCUT2D eigenvalue weighted by atomic mass is 35.5. The van der Waals surface area contributed by atoms with Crippen LogP contribution in [0.15, 0.2) is 23.4 Å². The van der Waals surface area contributed by atoms with Crippen molar-refractivity contribution in [3.8, 4) is 0 Å². The summed E-state index contributed by atoms with van der Waals surface area (Å²) in [6, 6.07) is 5.32. The summed E-state index contributed by atoms with van der Waals surface area (Å²) in [6.45, 7) is 1.26. The zero-order valence-electron chi connectivity index (χ0n) is 10.5. The lowest BCUT2D eigenvalue weighted by Crippen LogP contribution is -2.30. The van der Waals surface area contributed by atoms with Crippen LogP contribution in [0.4, 0.5) is 4.39 Å². The van der Waals surface area contributed by atoms with Gasteiger partial charge in [-0.1, -0.05) is 28.9 Å². The Morgan fingerprint density at radius 1 is 1.53 bits per heavy atom. The maximum absolute atomic E-state index is 13.4. The Bertz CT molecular complexity index is 477. The van der Waals surface area contributed by atoms with Crippen molar-refractivity contribution in [3.63, 3.8) is 0 Å². The number of hydrogen-bond acceptors (Lipinski definition) is 3. The van der Waals surface area contributed by atoms with Crippen molar-refractivity contribution in [2.24, 2.45) is 10.9 Å². The van der Waals surface area contributed by atoms with E-state index in [0.717, 1.165) is 18.4 Å². The van der Waals surface area contributed by atoms with Gasteiger partial charge >= 0.3 is 0 Å². The average molecular weight is 286 g/mol. The lowest BCUT2D eigenvalue weighted by atomic mass is 10.2. The van der Waals surface area contributed by atoms with Crippen LogP contribution in [0.3, 0.4) is 0 Å². The number of benzene rings is 1. The van der Waals surface area contributed by atoms with Crippen LogP contribution in [-0.4, -0.2) is 28.5 Å². The second kappa shape index (κ2) is 6.21. The highest BCUT2D eigenvalue weighted by Crippen LogP contribution is 2.30. The molecule has 0 bridgehead atoms. The average Bonchev–Trinajstić information content (AvgIpc) is 3.23. The molecule has 0 aromatic heterocycles.